The number of pyridine rings is 1. The van der Waals surface area contributed by atoms with Gasteiger partial charge in [-0.05, 0) is 18.6 Å². The second kappa shape index (κ2) is 6.31. The van der Waals surface area contributed by atoms with Crippen molar-refractivity contribution in [3.8, 4) is 0 Å². The first-order valence-corrected chi connectivity index (χ1v) is 7.15. The molecular formula is C10H15N3O4S. The zero-order valence-corrected chi connectivity index (χ0v) is 10.7. The van der Waals surface area contributed by atoms with Crippen LogP contribution < -0.4 is 10.0 Å². The van der Waals surface area contributed by atoms with Gasteiger partial charge in [0.2, 0.25) is 10.0 Å². The smallest absolute Gasteiger partial charge is 0.354 e. The lowest BCUT2D eigenvalue weighted by Gasteiger charge is -2.06. The number of nitrogens with zero attached hydrogens (tertiary/aromatic N) is 1. The molecule has 0 aliphatic heterocycles. The highest BCUT2D eigenvalue weighted by atomic mass is 32.2. The number of rotatable bonds is 7. The maximum Gasteiger partial charge on any atom is 0.354 e. The van der Waals surface area contributed by atoms with Crippen molar-refractivity contribution in [2.24, 2.45) is 0 Å². The molecule has 0 aliphatic rings. The Morgan fingerprint density at radius 2 is 2.17 bits per heavy atom. The first-order chi connectivity index (χ1) is 8.38. The number of sulfonamides is 1. The van der Waals surface area contributed by atoms with Crippen molar-refractivity contribution in [3.05, 3.63) is 24.0 Å². The summed E-state index contributed by atoms with van der Waals surface area (Å²) >= 11 is 0. The van der Waals surface area contributed by atoms with Gasteiger partial charge >= 0.3 is 5.97 Å². The maximum atomic E-state index is 10.8. The molecule has 0 fully saturated rings. The Labute approximate surface area is 105 Å². The Morgan fingerprint density at radius 3 is 2.78 bits per heavy atom. The second-order valence-electron chi connectivity index (χ2n) is 3.68. The summed E-state index contributed by atoms with van der Waals surface area (Å²) in [5, 5.41) is 11.7. The van der Waals surface area contributed by atoms with E-state index in [1.807, 2.05) is 0 Å². The third-order valence-corrected chi connectivity index (χ3v) is 2.75. The first-order valence-electron chi connectivity index (χ1n) is 5.26. The van der Waals surface area contributed by atoms with E-state index >= 15 is 0 Å². The number of carboxylic acids is 1. The molecule has 1 rings (SSSR count). The number of nitrogens with one attached hydrogen (secondary N) is 2. The summed E-state index contributed by atoms with van der Waals surface area (Å²) in [5.41, 5.74) is 0.607. The van der Waals surface area contributed by atoms with Gasteiger partial charge in [0.05, 0.1) is 6.26 Å². The molecule has 0 atom stereocenters. The molecule has 1 aromatic heterocycles. The van der Waals surface area contributed by atoms with Gasteiger partial charge in [-0.3, -0.25) is 0 Å². The molecule has 100 valence electrons. The van der Waals surface area contributed by atoms with Crippen LogP contribution in [0.2, 0.25) is 0 Å². The summed E-state index contributed by atoms with van der Waals surface area (Å²) in [6.45, 7) is 0.869. The topological polar surface area (TPSA) is 108 Å². The Balaban J connectivity index is 2.36. The van der Waals surface area contributed by atoms with Crippen LogP contribution in [0.3, 0.4) is 0 Å². The number of carboxylic acid groups (broad SMARTS) is 1. The van der Waals surface area contributed by atoms with E-state index in [0.29, 0.717) is 25.2 Å². The number of aromatic carboxylic acids is 1. The number of aromatic nitrogens is 1. The van der Waals surface area contributed by atoms with E-state index in [4.69, 9.17) is 5.11 Å². The lowest BCUT2D eigenvalue weighted by molar-refractivity contribution is 0.0690. The van der Waals surface area contributed by atoms with Crippen molar-refractivity contribution in [1.82, 2.24) is 9.71 Å². The van der Waals surface area contributed by atoms with Gasteiger partial charge in [0.25, 0.3) is 0 Å². The molecule has 1 aromatic rings. The van der Waals surface area contributed by atoms with Crippen molar-refractivity contribution in [2.75, 3.05) is 24.7 Å². The van der Waals surface area contributed by atoms with Crippen LogP contribution in [-0.4, -0.2) is 43.8 Å². The second-order valence-corrected chi connectivity index (χ2v) is 5.51. The fourth-order valence-electron chi connectivity index (χ4n) is 1.24. The van der Waals surface area contributed by atoms with E-state index in [1.54, 1.807) is 6.07 Å². The summed E-state index contributed by atoms with van der Waals surface area (Å²) in [6, 6.07) is 3.07. The van der Waals surface area contributed by atoms with E-state index in [0.717, 1.165) is 6.26 Å². The molecule has 3 N–H and O–H groups in total. The van der Waals surface area contributed by atoms with Crippen LogP contribution in [0.1, 0.15) is 16.9 Å². The molecule has 0 aliphatic carbocycles. The molecule has 0 unspecified atom stereocenters. The summed E-state index contributed by atoms with van der Waals surface area (Å²) in [4.78, 5) is 14.4. The predicted octanol–water partition coefficient (Wildman–Crippen LogP) is 0.131. The number of hydrogen-bond donors (Lipinski definition) is 3. The summed E-state index contributed by atoms with van der Waals surface area (Å²) in [7, 11) is -3.15. The minimum absolute atomic E-state index is 0.0331. The average molecular weight is 273 g/mol. The Bertz CT molecular complexity index is 516. The zero-order chi connectivity index (χ0) is 13.6. The Kier molecular flexibility index (Phi) is 5.05. The highest BCUT2D eigenvalue weighted by Crippen LogP contribution is 2.07. The van der Waals surface area contributed by atoms with Crippen LogP contribution in [0.15, 0.2) is 18.3 Å². The number of carbonyl (C=O) groups is 1. The molecule has 0 saturated heterocycles. The summed E-state index contributed by atoms with van der Waals surface area (Å²) < 4.78 is 23.9. The van der Waals surface area contributed by atoms with Gasteiger partial charge in [-0.1, -0.05) is 0 Å². The largest absolute Gasteiger partial charge is 0.477 e. The van der Waals surface area contributed by atoms with Crippen molar-refractivity contribution in [1.29, 1.82) is 0 Å². The first kappa shape index (κ1) is 14.4. The van der Waals surface area contributed by atoms with E-state index in [9.17, 15) is 13.2 Å². The van der Waals surface area contributed by atoms with Crippen molar-refractivity contribution in [2.45, 2.75) is 6.42 Å². The third-order valence-electron chi connectivity index (χ3n) is 2.03. The molecule has 0 bridgehead atoms. The fourth-order valence-corrected chi connectivity index (χ4v) is 1.75. The Morgan fingerprint density at radius 1 is 1.44 bits per heavy atom. The number of anilines is 1. The van der Waals surface area contributed by atoms with Gasteiger partial charge in [0, 0.05) is 25.0 Å². The minimum atomic E-state index is -3.15. The predicted molar refractivity (Wildman–Crippen MR) is 67.1 cm³/mol. The lowest BCUT2D eigenvalue weighted by atomic mass is 10.3. The van der Waals surface area contributed by atoms with E-state index in [1.165, 1.54) is 12.3 Å². The van der Waals surface area contributed by atoms with Gasteiger partial charge in [-0.25, -0.2) is 22.9 Å². The minimum Gasteiger partial charge on any atom is -0.477 e. The van der Waals surface area contributed by atoms with Crippen LogP contribution in [0.5, 0.6) is 0 Å². The van der Waals surface area contributed by atoms with Gasteiger partial charge in [-0.2, -0.15) is 0 Å². The van der Waals surface area contributed by atoms with Crippen molar-refractivity contribution in [3.63, 3.8) is 0 Å². The molecule has 8 heteroatoms. The summed E-state index contributed by atoms with van der Waals surface area (Å²) in [5.74, 6) is -1.09. The average Bonchev–Trinajstić information content (AvgIpc) is 2.27. The van der Waals surface area contributed by atoms with Gasteiger partial charge < -0.3 is 10.4 Å². The fraction of sp³-hybridized carbons (Fsp3) is 0.400. The molecule has 0 amide bonds. The highest BCUT2D eigenvalue weighted by molar-refractivity contribution is 7.88. The Hall–Kier alpha value is -1.67. The van der Waals surface area contributed by atoms with E-state index in [2.05, 4.69) is 15.0 Å². The maximum absolute atomic E-state index is 10.8. The molecule has 1 heterocycles. The van der Waals surface area contributed by atoms with Crippen LogP contribution in [0.25, 0.3) is 0 Å². The highest BCUT2D eigenvalue weighted by Gasteiger charge is 2.04. The third kappa shape index (κ3) is 5.60. The normalized spacial score (nSPS) is 11.2. The van der Waals surface area contributed by atoms with Gasteiger partial charge in [-0.15, -0.1) is 0 Å². The van der Waals surface area contributed by atoms with Crippen molar-refractivity contribution < 1.29 is 18.3 Å². The molecule has 0 spiro atoms. The molecule has 0 saturated carbocycles. The van der Waals surface area contributed by atoms with E-state index < -0.39 is 16.0 Å². The molecule has 0 radical (unpaired) electrons. The standard InChI is InChI=1S/C10H15N3O4S/c1-18(16,17)13-5-2-4-11-8-3-6-12-9(7-8)10(14)15/h3,6-7,13H,2,4-5H2,1H3,(H,11,12)(H,14,15). The van der Waals surface area contributed by atoms with Crippen molar-refractivity contribution >= 4 is 21.7 Å². The van der Waals surface area contributed by atoms with Crippen LogP contribution in [0.4, 0.5) is 5.69 Å². The SMILES string of the molecule is CS(=O)(=O)NCCCNc1ccnc(C(=O)O)c1. The van der Waals surface area contributed by atoms with Crippen LogP contribution >= 0.6 is 0 Å². The molecule has 0 aromatic carbocycles. The van der Waals surface area contributed by atoms with Gasteiger partial charge in [0.1, 0.15) is 5.69 Å². The van der Waals surface area contributed by atoms with Crippen LogP contribution in [0, 0.1) is 0 Å². The van der Waals surface area contributed by atoms with E-state index in [-0.39, 0.29) is 5.69 Å². The molecule has 7 nitrogen and oxygen atoms in total. The van der Waals surface area contributed by atoms with Crippen LogP contribution in [-0.2, 0) is 10.0 Å². The summed E-state index contributed by atoms with van der Waals surface area (Å²) in [6.07, 6.45) is 3.10. The molecule has 18 heavy (non-hydrogen) atoms. The number of hydrogen-bond acceptors (Lipinski definition) is 5. The quantitative estimate of drug-likeness (QED) is 0.609. The lowest BCUT2D eigenvalue weighted by Crippen LogP contribution is -2.24. The molecular weight excluding hydrogens is 258 g/mol. The monoisotopic (exact) mass is 273 g/mol. The zero-order valence-electron chi connectivity index (χ0n) is 9.88. The van der Waals surface area contributed by atoms with Gasteiger partial charge in [0.15, 0.2) is 0 Å².